The molecule has 1 aliphatic heterocycles. The normalized spacial score (nSPS) is 16.2. The Bertz CT molecular complexity index is 630. The fraction of sp³-hybridized carbons (Fsp3) is 0.533. The zero-order valence-electron chi connectivity index (χ0n) is 12.8. The first-order valence-electron chi connectivity index (χ1n) is 7.55. The zero-order chi connectivity index (χ0) is 16.7. The summed E-state index contributed by atoms with van der Waals surface area (Å²) in [4.78, 5) is 11.7. The lowest BCUT2D eigenvalue weighted by Gasteiger charge is -2.25. The first-order chi connectivity index (χ1) is 11.0. The number of nitrogens with one attached hydrogen (secondary N) is 1. The van der Waals surface area contributed by atoms with Gasteiger partial charge in [-0.2, -0.15) is 4.31 Å². The van der Waals surface area contributed by atoms with Crippen LogP contribution in [-0.2, 0) is 26.0 Å². The fourth-order valence-electron chi connectivity index (χ4n) is 2.30. The highest BCUT2D eigenvalue weighted by atomic mass is 32.2. The van der Waals surface area contributed by atoms with Crippen LogP contribution in [0.1, 0.15) is 12.0 Å². The summed E-state index contributed by atoms with van der Waals surface area (Å²) in [5.41, 5.74) is 0.522. The van der Waals surface area contributed by atoms with E-state index in [1.54, 1.807) is 18.2 Å². The quantitative estimate of drug-likeness (QED) is 0.783. The molecule has 1 amide bonds. The molecule has 1 N–H and O–H groups in total. The Morgan fingerprint density at radius 1 is 1.26 bits per heavy atom. The fourth-order valence-corrected chi connectivity index (χ4v) is 3.71. The summed E-state index contributed by atoms with van der Waals surface area (Å²) in [6.45, 7) is 1.70. The first kappa shape index (κ1) is 17.8. The molecule has 1 saturated heterocycles. The van der Waals surface area contributed by atoms with Gasteiger partial charge in [-0.05, 0) is 18.1 Å². The van der Waals surface area contributed by atoms with Crippen LogP contribution in [0, 0.1) is 5.82 Å². The number of benzene rings is 1. The minimum Gasteiger partial charge on any atom is -0.379 e. The van der Waals surface area contributed by atoms with Gasteiger partial charge < -0.3 is 10.1 Å². The molecule has 23 heavy (non-hydrogen) atoms. The van der Waals surface area contributed by atoms with Crippen LogP contribution >= 0.6 is 0 Å². The van der Waals surface area contributed by atoms with Crippen molar-refractivity contribution in [3.8, 4) is 0 Å². The summed E-state index contributed by atoms with van der Waals surface area (Å²) in [5, 5.41) is 2.62. The molecule has 1 heterocycles. The standard InChI is InChI=1S/C15H21FN2O4S/c16-14-4-2-1-3-13(14)5-7-17-15(19)6-12-23(20,21)18-8-10-22-11-9-18/h1-4H,5-12H2,(H,17,19). The molecule has 2 rings (SSSR count). The zero-order valence-corrected chi connectivity index (χ0v) is 13.6. The van der Waals surface area contributed by atoms with Gasteiger partial charge in [0.15, 0.2) is 0 Å². The van der Waals surface area contributed by atoms with Crippen LogP contribution in [-0.4, -0.2) is 57.2 Å². The Balaban J connectivity index is 1.71. The molecule has 1 aromatic carbocycles. The average Bonchev–Trinajstić information content (AvgIpc) is 2.56. The third kappa shape index (κ3) is 5.56. The maximum Gasteiger partial charge on any atom is 0.221 e. The molecule has 0 aromatic heterocycles. The van der Waals surface area contributed by atoms with Crippen molar-refractivity contribution in [2.45, 2.75) is 12.8 Å². The Labute approximate surface area is 135 Å². The summed E-state index contributed by atoms with van der Waals surface area (Å²) in [7, 11) is -3.43. The third-order valence-corrected chi connectivity index (χ3v) is 5.50. The highest BCUT2D eigenvalue weighted by Gasteiger charge is 2.24. The van der Waals surface area contributed by atoms with Crippen molar-refractivity contribution in [1.29, 1.82) is 0 Å². The molecule has 0 bridgehead atoms. The molecule has 0 saturated carbocycles. The maximum absolute atomic E-state index is 13.4. The van der Waals surface area contributed by atoms with Crippen LogP contribution in [0.2, 0.25) is 0 Å². The lowest BCUT2D eigenvalue weighted by Crippen LogP contribution is -2.42. The predicted octanol–water partition coefficient (Wildman–Crippen LogP) is 0.537. The van der Waals surface area contributed by atoms with Crippen LogP contribution < -0.4 is 5.32 Å². The van der Waals surface area contributed by atoms with E-state index in [1.165, 1.54) is 10.4 Å². The summed E-state index contributed by atoms with van der Waals surface area (Å²) in [6.07, 6.45) is 0.269. The predicted molar refractivity (Wildman–Crippen MR) is 83.9 cm³/mol. The van der Waals surface area contributed by atoms with Crippen molar-refractivity contribution in [2.75, 3.05) is 38.6 Å². The molecule has 6 nitrogen and oxygen atoms in total. The Morgan fingerprint density at radius 3 is 2.65 bits per heavy atom. The van der Waals surface area contributed by atoms with Crippen LogP contribution in [0.3, 0.4) is 0 Å². The van der Waals surface area contributed by atoms with E-state index in [0.29, 0.717) is 38.3 Å². The van der Waals surface area contributed by atoms with Crippen molar-refractivity contribution < 1.29 is 22.3 Å². The Hall–Kier alpha value is -1.51. The second kappa shape index (κ2) is 8.37. The number of rotatable bonds is 7. The lowest BCUT2D eigenvalue weighted by molar-refractivity contribution is -0.120. The van der Waals surface area contributed by atoms with E-state index >= 15 is 0 Å². The molecule has 0 atom stereocenters. The van der Waals surface area contributed by atoms with Gasteiger partial charge in [-0.25, -0.2) is 12.8 Å². The van der Waals surface area contributed by atoms with Crippen LogP contribution in [0.5, 0.6) is 0 Å². The molecular weight excluding hydrogens is 323 g/mol. The number of ether oxygens (including phenoxy) is 1. The van der Waals surface area contributed by atoms with Gasteiger partial charge in [0.05, 0.1) is 19.0 Å². The van der Waals surface area contributed by atoms with Gasteiger partial charge in [0.1, 0.15) is 5.82 Å². The van der Waals surface area contributed by atoms with Gasteiger partial charge in [-0.15, -0.1) is 0 Å². The number of morpholine rings is 1. The molecule has 0 unspecified atom stereocenters. The lowest BCUT2D eigenvalue weighted by atomic mass is 10.1. The number of hydrogen-bond acceptors (Lipinski definition) is 4. The molecule has 1 aliphatic rings. The molecular formula is C15H21FN2O4S. The van der Waals surface area contributed by atoms with E-state index in [0.717, 1.165) is 0 Å². The van der Waals surface area contributed by atoms with Gasteiger partial charge in [-0.3, -0.25) is 4.79 Å². The number of sulfonamides is 1. The number of amides is 1. The monoisotopic (exact) mass is 344 g/mol. The Kier molecular flexibility index (Phi) is 6.49. The molecule has 1 aromatic rings. The number of carbonyl (C=O) groups is 1. The maximum atomic E-state index is 13.4. The van der Waals surface area contributed by atoms with Crippen molar-refractivity contribution in [1.82, 2.24) is 9.62 Å². The van der Waals surface area contributed by atoms with E-state index < -0.39 is 10.0 Å². The smallest absolute Gasteiger partial charge is 0.221 e. The van der Waals surface area contributed by atoms with Crippen LogP contribution in [0.4, 0.5) is 4.39 Å². The minimum atomic E-state index is -3.43. The van der Waals surface area contributed by atoms with Crippen molar-refractivity contribution in [3.63, 3.8) is 0 Å². The second-order valence-corrected chi connectivity index (χ2v) is 7.36. The highest BCUT2D eigenvalue weighted by molar-refractivity contribution is 7.89. The molecule has 0 aliphatic carbocycles. The van der Waals surface area contributed by atoms with E-state index in [2.05, 4.69) is 5.32 Å². The second-order valence-electron chi connectivity index (χ2n) is 5.27. The highest BCUT2D eigenvalue weighted by Crippen LogP contribution is 2.08. The van der Waals surface area contributed by atoms with E-state index in [-0.39, 0.29) is 30.4 Å². The average molecular weight is 344 g/mol. The topological polar surface area (TPSA) is 75.7 Å². The summed E-state index contributed by atoms with van der Waals surface area (Å²) < 4.78 is 44.0. The SMILES string of the molecule is O=C(CCS(=O)(=O)N1CCOCC1)NCCc1ccccc1F. The molecule has 8 heteroatoms. The third-order valence-electron chi connectivity index (χ3n) is 3.62. The van der Waals surface area contributed by atoms with Crippen LogP contribution in [0.25, 0.3) is 0 Å². The van der Waals surface area contributed by atoms with Crippen LogP contribution in [0.15, 0.2) is 24.3 Å². The number of halogens is 1. The first-order valence-corrected chi connectivity index (χ1v) is 9.15. The molecule has 0 spiro atoms. The van der Waals surface area contributed by atoms with Crippen molar-refractivity contribution >= 4 is 15.9 Å². The van der Waals surface area contributed by atoms with Gasteiger partial charge in [0.25, 0.3) is 0 Å². The van der Waals surface area contributed by atoms with Gasteiger partial charge in [0, 0.05) is 26.1 Å². The summed E-state index contributed by atoms with van der Waals surface area (Å²) >= 11 is 0. The van der Waals surface area contributed by atoms with E-state index in [4.69, 9.17) is 4.74 Å². The molecule has 128 valence electrons. The molecule has 0 radical (unpaired) electrons. The van der Waals surface area contributed by atoms with E-state index in [1.807, 2.05) is 0 Å². The number of carbonyl (C=O) groups excluding carboxylic acids is 1. The van der Waals surface area contributed by atoms with Gasteiger partial charge in [-0.1, -0.05) is 18.2 Å². The summed E-state index contributed by atoms with van der Waals surface area (Å²) in [5.74, 6) is -0.881. The van der Waals surface area contributed by atoms with E-state index in [9.17, 15) is 17.6 Å². The molecule has 1 fully saturated rings. The number of nitrogens with zero attached hydrogens (tertiary/aromatic N) is 1. The minimum absolute atomic E-state index is 0.100. The van der Waals surface area contributed by atoms with Crippen molar-refractivity contribution in [2.24, 2.45) is 0 Å². The Morgan fingerprint density at radius 2 is 1.96 bits per heavy atom. The number of hydrogen-bond donors (Lipinski definition) is 1. The van der Waals surface area contributed by atoms with Gasteiger partial charge in [0.2, 0.25) is 15.9 Å². The summed E-state index contributed by atoms with van der Waals surface area (Å²) in [6, 6.07) is 6.36. The van der Waals surface area contributed by atoms with Crippen molar-refractivity contribution in [3.05, 3.63) is 35.6 Å². The largest absolute Gasteiger partial charge is 0.379 e. The van der Waals surface area contributed by atoms with Gasteiger partial charge >= 0.3 is 0 Å².